The van der Waals surface area contributed by atoms with Gasteiger partial charge in [-0.1, -0.05) is 40.2 Å². The van der Waals surface area contributed by atoms with Gasteiger partial charge in [-0.3, -0.25) is 4.79 Å². The summed E-state index contributed by atoms with van der Waals surface area (Å²) in [6.45, 7) is 5.03. The average molecular weight is 405 g/mol. The number of carboxylic acid groups (broad SMARTS) is 1. The molecule has 0 aliphatic heterocycles. The third-order valence-corrected chi connectivity index (χ3v) is 4.26. The highest BCUT2D eigenvalue weighted by atomic mass is 32.5. The topological polar surface area (TPSA) is 75.6 Å². The summed E-state index contributed by atoms with van der Waals surface area (Å²) in [4.78, 5) is 20.2. The third kappa shape index (κ3) is 6.70. The van der Waals surface area contributed by atoms with Gasteiger partial charge in [-0.2, -0.15) is 0 Å². The van der Waals surface area contributed by atoms with Crippen molar-refractivity contribution in [3.63, 3.8) is 0 Å². The number of halogens is 5. The minimum Gasteiger partial charge on any atom is -0.493 e. The van der Waals surface area contributed by atoms with E-state index in [1.165, 1.54) is 0 Å². The van der Waals surface area contributed by atoms with Gasteiger partial charge in [-0.05, 0) is 18.6 Å². The highest BCUT2D eigenvalue weighted by molar-refractivity contribution is 8.45. The van der Waals surface area contributed by atoms with Crippen LogP contribution in [0.15, 0.2) is 23.1 Å². The molecule has 26 heavy (non-hydrogen) atoms. The van der Waals surface area contributed by atoms with Crippen LogP contribution in [0.5, 0.6) is 5.75 Å². The fourth-order valence-electron chi connectivity index (χ4n) is 1.73. The second-order valence-corrected chi connectivity index (χ2v) is 9.08. The van der Waals surface area contributed by atoms with Gasteiger partial charge in [0, 0.05) is 18.0 Å². The van der Waals surface area contributed by atoms with Gasteiger partial charge >= 0.3 is 16.2 Å². The first-order valence-electron chi connectivity index (χ1n) is 7.44. The van der Waals surface area contributed by atoms with E-state index in [4.69, 9.17) is 9.84 Å². The minimum atomic E-state index is -10.0. The Morgan fingerprint density at radius 2 is 1.69 bits per heavy atom. The third-order valence-electron chi connectivity index (χ3n) is 3.13. The van der Waals surface area contributed by atoms with Crippen molar-refractivity contribution >= 4 is 22.1 Å². The first-order chi connectivity index (χ1) is 11.4. The van der Waals surface area contributed by atoms with Gasteiger partial charge in [0.25, 0.3) is 0 Å². The molecule has 0 unspecified atom stereocenters. The molecular weight excluding hydrogens is 385 g/mol. The molecule has 1 rings (SSSR count). The summed E-state index contributed by atoms with van der Waals surface area (Å²) in [7, 11) is -10.0. The van der Waals surface area contributed by atoms with Crippen molar-refractivity contribution in [3.05, 3.63) is 23.8 Å². The van der Waals surface area contributed by atoms with Crippen LogP contribution in [-0.4, -0.2) is 30.1 Å². The fourth-order valence-corrected chi connectivity index (χ4v) is 2.42. The van der Waals surface area contributed by atoms with E-state index in [9.17, 15) is 29.0 Å². The van der Waals surface area contributed by atoms with Crippen LogP contribution in [0.25, 0.3) is 0 Å². The smallest absolute Gasteiger partial charge is 0.335 e. The van der Waals surface area contributed by atoms with Gasteiger partial charge in [-0.25, -0.2) is 4.79 Å². The maximum absolute atomic E-state index is 12.9. The number of carboxylic acids is 1. The molecular formula is C15H20F5NO4S. The number of aromatic carboxylic acids is 1. The van der Waals surface area contributed by atoms with Crippen LogP contribution in [0.1, 0.15) is 37.6 Å². The molecule has 11 heteroatoms. The quantitative estimate of drug-likeness (QED) is 0.496. The van der Waals surface area contributed by atoms with E-state index in [1.807, 2.05) is 0 Å². The zero-order valence-electron chi connectivity index (χ0n) is 14.3. The van der Waals surface area contributed by atoms with Crippen molar-refractivity contribution < 1.29 is 38.9 Å². The Bertz CT molecular complexity index is 713. The molecule has 0 heterocycles. The number of carbonyl (C=O) groups is 2. The summed E-state index contributed by atoms with van der Waals surface area (Å²) >= 11 is 0. The zero-order chi connectivity index (χ0) is 20.5. The maximum atomic E-state index is 12.9. The second-order valence-electron chi connectivity index (χ2n) is 6.68. The van der Waals surface area contributed by atoms with Crippen LogP contribution in [0.3, 0.4) is 0 Å². The molecule has 2 N–H and O–H groups in total. The van der Waals surface area contributed by atoms with Crippen molar-refractivity contribution in [2.24, 2.45) is 5.41 Å². The molecule has 0 bridgehead atoms. The van der Waals surface area contributed by atoms with E-state index in [1.54, 1.807) is 20.8 Å². The number of ether oxygens (including phenoxy) is 1. The molecule has 0 saturated heterocycles. The van der Waals surface area contributed by atoms with Crippen LogP contribution in [-0.2, 0) is 4.79 Å². The van der Waals surface area contributed by atoms with Crippen LogP contribution < -0.4 is 10.1 Å². The molecule has 5 nitrogen and oxygen atoms in total. The Kier molecular flexibility index (Phi) is 5.32. The van der Waals surface area contributed by atoms with Gasteiger partial charge < -0.3 is 15.2 Å². The largest absolute Gasteiger partial charge is 0.493 e. The molecule has 1 amide bonds. The Morgan fingerprint density at radius 1 is 1.12 bits per heavy atom. The van der Waals surface area contributed by atoms with Gasteiger partial charge in [0.05, 0.1) is 12.2 Å². The number of amides is 1. The Hall–Kier alpha value is -2.04. The number of benzene rings is 1. The van der Waals surface area contributed by atoms with Crippen LogP contribution in [0.4, 0.5) is 19.4 Å². The molecule has 0 fully saturated rings. The molecule has 0 spiro atoms. The number of hydrogen-bond acceptors (Lipinski definition) is 3. The molecule has 0 radical (unpaired) electrons. The molecule has 1 aromatic rings. The van der Waals surface area contributed by atoms with E-state index in [0.29, 0.717) is 0 Å². The van der Waals surface area contributed by atoms with Gasteiger partial charge in [-0.15, -0.1) is 0 Å². The lowest BCUT2D eigenvalue weighted by Crippen LogP contribution is -2.35. The molecule has 0 aliphatic carbocycles. The van der Waals surface area contributed by atoms with Gasteiger partial charge in [0.2, 0.25) is 5.91 Å². The first kappa shape index (κ1) is 22.0. The molecule has 0 aromatic heterocycles. The molecule has 150 valence electrons. The molecule has 0 atom stereocenters. The van der Waals surface area contributed by atoms with E-state index >= 15 is 0 Å². The number of rotatable bonds is 7. The lowest BCUT2D eigenvalue weighted by molar-refractivity contribution is -0.128. The van der Waals surface area contributed by atoms with E-state index < -0.39 is 37.8 Å². The predicted octanol–water partition coefficient (Wildman–Crippen LogP) is 4.97. The van der Waals surface area contributed by atoms with Crippen LogP contribution in [0, 0.1) is 5.41 Å². The van der Waals surface area contributed by atoms with Gasteiger partial charge in [0.15, 0.2) is 0 Å². The van der Waals surface area contributed by atoms with Crippen LogP contribution >= 0.6 is 10.2 Å². The summed E-state index contributed by atoms with van der Waals surface area (Å²) in [6, 6.07) is 0.672. The lowest BCUT2D eigenvalue weighted by atomic mass is 9.96. The number of carbonyl (C=O) groups excluding carboxylic acids is 1. The van der Waals surface area contributed by atoms with Crippen molar-refractivity contribution in [2.45, 2.75) is 32.1 Å². The highest BCUT2D eigenvalue weighted by Gasteiger charge is 2.65. The standard InChI is InChI=1S/C15H20F5NO4S/c1-15(2,3)14(24)21-5-4-6-25-11-7-10(13(22)23)8-12(9-11)26(16,17,18,19)20/h7-9H,4-6H2,1-3H3,(H,21,24)(H,22,23). The summed E-state index contributed by atoms with van der Waals surface area (Å²) < 4.78 is 69.6. The number of hydrogen-bond donors (Lipinski definition) is 2. The zero-order valence-corrected chi connectivity index (χ0v) is 15.1. The fraction of sp³-hybridized carbons (Fsp3) is 0.467. The molecule has 1 aromatic carbocycles. The Morgan fingerprint density at radius 3 is 2.15 bits per heavy atom. The van der Waals surface area contributed by atoms with Crippen molar-refractivity contribution in [1.82, 2.24) is 5.32 Å². The minimum absolute atomic E-state index is 0.0712. The molecule has 0 aliphatic rings. The SMILES string of the molecule is CC(C)(C)C(=O)NCCCOc1cc(C(=O)O)cc(S(F)(F)(F)(F)F)c1. The van der Waals surface area contributed by atoms with E-state index in [-0.39, 0.29) is 37.6 Å². The summed E-state index contributed by atoms with van der Waals surface area (Å²) in [6.07, 6.45) is 0.185. The van der Waals surface area contributed by atoms with Crippen molar-refractivity contribution in [3.8, 4) is 5.75 Å². The number of nitrogens with one attached hydrogen (secondary N) is 1. The second kappa shape index (κ2) is 6.29. The van der Waals surface area contributed by atoms with Crippen LogP contribution in [0.2, 0.25) is 0 Å². The summed E-state index contributed by atoms with van der Waals surface area (Å²) in [5.41, 5.74) is -1.58. The van der Waals surface area contributed by atoms with E-state index in [2.05, 4.69) is 5.32 Å². The highest BCUT2D eigenvalue weighted by Crippen LogP contribution is 3.02. The average Bonchev–Trinajstić information content (AvgIpc) is 2.42. The normalized spacial score (nSPS) is 14.9. The van der Waals surface area contributed by atoms with E-state index in [0.717, 1.165) is 6.07 Å². The van der Waals surface area contributed by atoms with Crippen molar-refractivity contribution in [1.29, 1.82) is 0 Å². The Balaban J connectivity index is 2.84. The molecule has 0 saturated carbocycles. The maximum Gasteiger partial charge on any atom is 0.335 e. The lowest BCUT2D eigenvalue weighted by Gasteiger charge is -2.40. The van der Waals surface area contributed by atoms with Gasteiger partial charge in [0.1, 0.15) is 10.6 Å². The summed E-state index contributed by atoms with van der Waals surface area (Å²) in [5, 5.41) is 11.4. The predicted molar refractivity (Wildman–Crippen MR) is 87.4 cm³/mol. The van der Waals surface area contributed by atoms with Crippen molar-refractivity contribution in [2.75, 3.05) is 13.2 Å². The summed E-state index contributed by atoms with van der Waals surface area (Å²) in [5.74, 6) is -2.68. The Labute approximate surface area is 147 Å². The monoisotopic (exact) mass is 405 g/mol. The first-order valence-corrected chi connectivity index (χ1v) is 9.39.